The van der Waals surface area contributed by atoms with Gasteiger partial charge in [-0.3, -0.25) is 9.05 Å². The first kappa shape index (κ1) is 16.9. The van der Waals surface area contributed by atoms with E-state index >= 15 is 0 Å². The SMILES string of the molecule is CC(C)(C)OP(=O)(O)OC[C@H](O)[C@H]1OC(=O)C(O)=C1O. The van der Waals surface area contributed by atoms with Crippen molar-refractivity contribution in [3.05, 3.63) is 11.5 Å². The van der Waals surface area contributed by atoms with Crippen LogP contribution in [0.15, 0.2) is 11.5 Å². The summed E-state index contributed by atoms with van der Waals surface area (Å²) in [6.45, 7) is 3.84. The second-order valence-electron chi connectivity index (χ2n) is 5.10. The van der Waals surface area contributed by atoms with Gasteiger partial charge in [0.15, 0.2) is 11.9 Å². The number of phosphoric acid groups is 1. The van der Waals surface area contributed by atoms with E-state index in [4.69, 9.17) is 9.63 Å². The Morgan fingerprint density at radius 3 is 2.35 bits per heavy atom. The van der Waals surface area contributed by atoms with Crippen LogP contribution >= 0.6 is 7.82 Å². The van der Waals surface area contributed by atoms with Gasteiger partial charge in [-0.1, -0.05) is 0 Å². The van der Waals surface area contributed by atoms with Crippen molar-refractivity contribution in [3.63, 3.8) is 0 Å². The number of phosphoric ester groups is 1. The summed E-state index contributed by atoms with van der Waals surface area (Å²) in [4.78, 5) is 20.3. The molecule has 1 aliphatic rings. The molecule has 1 unspecified atom stereocenters. The summed E-state index contributed by atoms with van der Waals surface area (Å²) >= 11 is 0. The van der Waals surface area contributed by atoms with Crippen LogP contribution in [-0.4, -0.2) is 50.6 Å². The molecule has 0 amide bonds. The summed E-state index contributed by atoms with van der Waals surface area (Å²) in [6, 6.07) is 0. The molecule has 20 heavy (non-hydrogen) atoms. The summed E-state index contributed by atoms with van der Waals surface area (Å²) in [6.07, 6.45) is -3.20. The molecule has 0 spiro atoms. The molecule has 0 saturated carbocycles. The fraction of sp³-hybridized carbons (Fsp3) is 0.700. The molecule has 3 atom stereocenters. The second kappa shape index (κ2) is 5.71. The number of hydrogen-bond acceptors (Lipinski definition) is 8. The highest BCUT2D eigenvalue weighted by Crippen LogP contribution is 2.47. The molecule has 0 aromatic rings. The van der Waals surface area contributed by atoms with Crippen LogP contribution in [0.1, 0.15) is 20.8 Å². The molecule has 0 radical (unpaired) electrons. The van der Waals surface area contributed by atoms with Crippen molar-refractivity contribution in [2.24, 2.45) is 0 Å². The maximum Gasteiger partial charge on any atom is 0.472 e. The highest BCUT2D eigenvalue weighted by molar-refractivity contribution is 7.47. The Kier molecular flexibility index (Phi) is 4.83. The Morgan fingerprint density at radius 1 is 1.40 bits per heavy atom. The zero-order chi connectivity index (χ0) is 15.7. The number of hydrogen-bond donors (Lipinski definition) is 4. The quantitative estimate of drug-likeness (QED) is 0.422. The lowest BCUT2D eigenvalue weighted by Crippen LogP contribution is -2.33. The van der Waals surface area contributed by atoms with Gasteiger partial charge in [0, 0.05) is 0 Å². The minimum atomic E-state index is -4.42. The molecule has 0 bridgehead atoms. The number of rotatable bonds is 5. The van der Waals surface area contributed by atoms with Gasteiger partial charge in [-0.05, 0) is 20.8 Å². The Hall–Kier alpha value is -1.12. The normalized spacial score (nSPS) is 24.4. The first-order valence-electron chi connectivity index (χ1n) is 5.62. The molecule has 0 fully saturated rings. The highest BCUT2D eigenvalue weighted by Gasteiger charge is 2.40. The van der Waals surface area contributed by atoms with Crippen LogP contribution in [0.3, 0.4) is 0 Å². The Morgan fingerprint density at radius 2 is 1.95 bits per heavy atom. The molecule has 116 valence electrons. The minimum Gasteiger partial charge on any atom is -0.505 e. The van der Waals surface area contributed by atoms with Gasteiger partial charge in [0.05, 0.1) is 12.2 Å². The van der Waals surface area contributed by atoms with E-state index in [1.54, 1.807) is 0 Å². The Balaban J connectivity index is 2.59. The smallest absolute Gasteiger partial charge is 0.472 e. The molecule has 9 nitrogen and oxygen atoms in total. The maximum atomic E-state index is 11.5. The van der Waals surface area contributed by atoms with Crippen molar-refractivity contribution < 1.29 is 43.4 Å². The number of aliphatic hydroxyl groups is 3. The van der Waals surface area contributed by atoms with E-state index in [1.165, 1.54) is 20.8 Å². The van der Waals surface area contributed by atoms with Gasteiger partial charge in [0.25, 0.3) is 0 Å². The van der Waals surface area contributed by atoms with Crippen molar-refractivity contribution in [3.8, 4) is 0 Å². The third-order valence-electron chi connectivity index (χ3n) is 2.09. The summed E-state index contributed by atoms with van der Waals surface area (Å²) in [5.74, 6) is -3.09. The summed E-state index contributed by atoms with van der Waals surface area (Å²) in [5, 5.41) is 28.0. The van der Waals surface area contributed by atoms with E-state index in [-0.39, 0.29) is 0 Å². The van der Waals surface area contributed by atoms with Crippen LogP contribution in [0.2, 0.25) is 0 Å². The maximum absolute atomic E-state index is 11.5. The zero-order valence-electron chi connectivity index (χ0n) is 11.1. The van der Waals surface area contributed by atoms with Crippen LogP contribution in [-0.2, 0) is 23.1 Å². The average Bonchev–Trinajstić information content (AvgIpc) is 2.51. The van der Waals surface area contributed by atoms with Gasteiger partial charge in [0.1, 0.15) is 6.10 Å². The van der Waals surface area contributed by atoms with E-state index in [0.717, 1.165) is 0 Å². The number of carbonyl (C=O) groups excluding carboxylic acids is 1. The lowest BCUT2D eigenvalue weighted by atomic mass is 10.2. The number of ether oxygens (including phenoxy) is 1. The van der Waals surface area contributed by atoms with E-state index in [2.05, 4.69) is 9.26 Å². The number of aliphatic hydroxyl groups excluding tert-OH is 3. The standard InChI is InChI=1S/C10H17O9P/c1-10(2,3)19-20(15,16)17-4-5(11)8-6(12)7(13)9(14)18-8/h5,8,11-13H,4H2,1-3H3,(H,15,16)/t5-,8+/m0/s1. The molecular weight excluding hydrogens is 295 g/mol. The molecule has 0 saturated heterocycles. The zero-order valence-corrected chi connectivity index (χ0v) is 12.0. The van der Waals surface area contributed by atoms with Crippen molar-refractivity contribution in [1.29, 1.82) is 0 Å². The minimum absolute atomic E-state index is 0.751. The summed E-state index contributed by atoms with van der Waals surface area (Å²) < 4.78 is 25.3. The Labute approximate surface area is 115 Å². The number of cyclic esters (lactones) is 1. The molecule has 1 heterocycles. The molecule has 1 aliphatic heterocycles. The summed E-state index contributed by atoms with van der Waals surface area (Å²) in [7, 11) is -4.42. The van der Waals surface area contributed by atoms with E-state index in [9.17, 15) is 24.5 Å². The monoisotopic (exact) mass is 312 g/mol. The van der Waals surface area contributed by atoms with E-state index in [1.807, 2.05) is 0 Å². The fourth-order valence-electron chi connectivity index (χ4n) is 1.36. The van der Waals surface area contributed by atoms with Crippen LogP contribution in [0, 0.1) is 0 Å². The lowest BCUT2D eigenvalue weighted by Gasteiger charge is -2.24. The molecule has 0 aromatic carbocycles. The second-order valence-corrected chi connectivity index (χ2v) is 6.47. The third kappa shape index (κ3) is 4.46. The first-order valence-corrected chi connectivity index (χ1v) is 7.12. The predicted molar refractivity (Wildman–Crippen MR) is 64.8 cm³/mol. The van der Waals surface area contributed by atoms with Crippen molar-refractivity contribution in [1.82, 2.24) is 0 Å². The van der Waals surface area contributed by atoms with Crippen molar-refractivity contribution >= 4 is 13.8 Å². The van der Waals surface area contributed by atoms with Crippen molar-refractivity contribution in [2.75, 3.05) is 6.61 Å². The lowest BCUT2D eigenvalue weighted by molar-refractivity contribution is -0.147. The molecule has 4 N–H and O–H groups in total. The first-order chi connectivity index (χ1) is 8.93. The Bertz CT molecular complexity index is 464. The average molecular weight is 312 g/mol. The van der Waals surface area contributed by atoms with E-state index < -0.39 is 49.7 Å². The topological polar surface area (TPSA) is 143 Å². The van der Waals surface area contributed by atoms with Gasteiger partial charge in [0.2, 0.25) is 5.76 Å². The van der Waals surface area contributed by atoms with Crippen molar-refractivity contribution in [2.45, 2.75) is 38.6 Å². The highest BCUT2D eigenvalue weighted by atomic mass is 31.2. The van der Waals surface area contributed by atoms with Gasteiger partial charge < -0.3 is 24.9 Å². The molecule has 0 aliphatic carbocycles. The van der Waals surface area contributed by atoms with Gasteiger partial charge >= 0.3 is 13.8 Å². The van der Waals surface area contributed by atoms with Crippen LogP contribution in [0.25, 0.3) is 0 Å². The third-order valence-corrected chi connectivity index (χ3v) is 3.34. The van der Waals surface area contributed by atoms with Gasteiger partial charge in [-0.15, -0.1) is 0 Å². The van der Waals surface area contributed by atoms with Gasteiger partial charge in [-0.25, -0.2) is 9.36 Å². The van der Waals surface area contributed by atoms with E-state index in [0.29, 0.717) is 0 Å². The van der Waals surface area contributed by atoms with Crippen LogP contribution < -0.4 is 0 Å². The largest absolute Gasteiger partial charge is 0.505 e. The van der Waals surface area contributed by atoms with Crippen LogP contribution in [0.5, 0.6) is 0 Å². The van der Waals surface area contributed by atoms with Gasteiger partial charge in [-0.2, -0.15) is 0 Å². The summed E-state index contributed by atoms with van der Waals surface area (Å²) in [5.41, 5.74) is -0.949. The predicted octanol–water partition coefficient (Wildman–Crippen LogP) is 0.532. The molecule has 1 rings (SSSR count). The molecule has 10 heteroatoms. The number of esters is 1. The fourth-order valence-corrected chi connectivity index (χ4v) is 2.44. The van der Waals surface area contributed by atoms with Crippen LogP contribution in [0.4, 0.5) is 0 Å². The molecular formula is C10H17O9P. The number of carbonyl (C=O) groups is 1. The molecule has 0 aromatic heterocycles.